The molecule has 0 bridgehead atoms. The van der Waals surface area contributed by atoms with Crippen molar-refractivity contribution in [3.63, 3.8) is 0 Å². The van der Waals surface area contributed by atoms with Crippen molar-refractivity contribution in [1.29, 1.82) is 0.598 Å². The van der Waals surface area contributed by atoms with Crippen molar-refractivity contribution < 1.29 is 0 Å². The van der Waals surface area contributed by atoms with E-state index in [1.807, 2.05) is 0 Å². The fourth-order valence-electron chi connectivity index (χ4n) is 5.04. The van der Waals surface area contributed by atoms with Crippen LogP contribution in [0.25, 0.3) is 0 Å². The molecule has 31 heavy (non-hydrogen) atoms. The van der Waals surface area contributed by atoms with E-state index in [-0.39, 0.29) is 16.2 Å². The van der Waals surface area contributed by atoms with E-state index >= 15 is 0 Å². The number of rotatable bonds is 9. The molecule has 0 N–H and O–H groups in total. The molecular weight excluding hydrogens is 479 g/mol. The first kappa shape index (κ1) is 22.6. The van der Waals surface area contributed by atoms with E-state index in [9.17, 15) is 0.598 Å². The summed E-state index contributed by atoms with van der Waals surface area (Å²) >= 11 is -3.41. The molecular formula is C30H40Sn. The van der Waals surface area contributed by atoms with Gasteiger partial charge in [0, 0.05) is 0 Å². The van der Waals surface area contributed by atoms with E-state index < -0.39 is 19.6 Å². The molecule has 0 saturated carbocycles. The molecule has 3 rings (SSSR count). The molecule has 0 atom stereocenters. The van der Waals surface area contributed by atoms with Crippen molar-refractivity contribution in [3.05, 3.63) is 108 Å². The first-order valence-electron chi connectivity index (χ1n) is 12.1. The van der Waals surface area contributed by atoms with Gasteiger partial charge in [-0.15, -0.1) is 0 Å². The zero-order valence-corrected chi connectivity index (χ0v) is 23.1. The summed E-state index contributed by atoms with van der Waals surface area (Å²) in [5.74, 6) is 0. The summed E-state index contributed by atoms with van der Waals surface area (Å²) in [6, 6.07) is 32.6. The van der Waals surface area contributed by atoms with Crippen LogP contribution in [0.4, 0.5) is 0 Å². The third kappa shape index (κ3) is 6.48. The summed E-state index contributed by atoms with van der Waals surface area (Å²) in [4.78, 5) is 0. The Morgan fingerprint density at radius 2 is 0.710 bits per heavy atom. The molecule has 0 spiro atoms. The fourth-order valence-corrected chi connectivity index (χ4v) is 18.6. The Hall–Kier alpha value is -1.54. The van der Waals surface area contributed by atoms with Crippen LogP contribution in [-0.4, -0.2) is 20.2 Å². The Bertz CT molecular complexity index is 845. The second-order valence-corrected chi connectivity index (χ2v) is 18.3. The Morgan fingerprint density at radius 1 is 0.484 bits per heavy atom. The van der Waals surface area contributed by atoms with E-state index in [0.29, 0.717) is 0 Å². The maximum absolute atomic E-state index is 10.1. The van der Waals surface area contributed by atoms with E-state index in [4.69, 9.17) is 0 Å². The SMILES string of the molecule is [2H][Sn]([CH2]C(C)(C)c1ccccc1)([CH2]C(C)(C)c1ccccc1)[CH2]C(C)(C)c1ccccc1. The average Bonchev–Trinajstić information content (AvgIpc) is 2.74. The van der Waals surface area contributed by atoms with Gasteiger partial charge < -0.3 is 0 Å². The molecule has 0 saturated heterocycles. The molecule has 164 valence electrons. The molecule has 3 aromatic carbocycles. The van der Waals surface area contributed by atoms with Gasteiger partial charge in [-0.25, -0.2) is 0 Å². The van der Waals surface area contributed by atoms with Crippen molar-refractivity contribution in [2.75, 3.05) is 0 Å². The van der Waals surface area contributed by atoms with Crippen LogP contribution in [0.15, 0.2) is 91.0 Å². The van der Waals surface area contributed by atoms with Gasteiger partial charge in [-0.1, -0.05) is 0 Å². The Kier molecular flexibility index (Phi) is 7.26. The summed E-state index contributed by atoms with van der Waals surface area (Å²) in [5.41, 5.74) is 4.13. The molecule has 0 unspecified atom stereocenters. The van der Waals surface area contributed by atoms with Crippen molar-refractivity contribution in [1.82, 2.24) is 0 Å². The van der Waals surface area contributed by atoms with Crippen molar-refractivity contribution >= 4 is 19.6 Å². The van der Waals surface area contributed by atoms with Crippen LogP contribution in [0.5, 0.6) is 0 Å². The van der Waals surface area contributed by atoms with Crippen molar-refractivity contribution in [2.24, 2.45) is 0 Å². The molecule has 3 aromatic rings. The third-order valence-electron chi connectivity index (χ3n) is 6.74. The molecule has 0 heterocycles. The van der Waals surface area contributed by atoms with Gasteiger partial charge in [0.1, 0.15) is 0 Å². The second kappa shape index (κ2) is 9.94. The second-order valence-electron chi connectivity index (χ2n) is 11.0. The zero-order valence-electron chi connectivity index (χ0n) is 21.3. The summed E-state index contributed by atoms with van der Waals surface area (Å²) < 4.78 is 13.2. The first-order valence-corrected chi connectivity index (χ1v) is 17.7. The maximum atomic E-state index is 10.1. The number of hydrogen-bond acceptors (Lipinski definition) is 0. The van der Waals surface area contributed by atoms with Gasteiger partial charge in [-0.3, -0.25) is 0 Å². The van der Waals surface area contributed by atoms with Gasteiger partial charge in [-0.05, 0) is 0 Å². The Morgan fingerprint density at radius 3 is 0.935 bits per heavy atom. The zero-order chi connectivity index (χ0) is 23.5. The molecule has 0 nitrogen and oxygen atoms in total. The van der Waals surface area contributed by atoms with Crippen molar-refractivity contribution in [2.45, 2.75) is 71.1 Å². The average molecular weight is 520 g/mol. The number of hydrogen-bond donors (Lipinski definition) is 0. The van der Waals surface area contributed by atoms with Crippen LogP contribution in [0.1, 0.15) is 58.2 Å². The number of benzene rings is 3. The summed E-state index contributed by atoms with van der Waals surface area (Å²) in [6.45, 7) is 14.1. The van der Waals surface area contributed by atoms with Gasteiger partial charge >= 0.3 is 199 Å². The van der Waals surface area contributed by atoms with Gasteiger partial charge in [0.25, 0.3) is 0 Å². The summed E-state index contributed by atoms with van der Waals surface area (Å²) in [5, 5.41) is 0. The molecule has 0 radical (unpaired) electrons. The van der Waals surface area contributed by atoms with Crippen LogP contribution in [0, 0.1) is 0 Å². The Balaban J connectivity index is 1.98. The van der Waals surface area contributed by atoms with E-state index in [2.05, 4.69) is 133 Å². The quantitative estimate of drug-likeness (QED) is 0.250. The van der Waals surface area contributed by atoms with E-state index in [1.165, 1.54) is 16.7 Å². The molecule has 1 heteroatoms. The topological polar surface area (TPSA) is 0 Å². The molecule has 0 amide bonds. The minimum atomic E-state index is -3.41. The van der Waals surface area contributed by atoms with Crippen LogP contribution in [0.2, 0.25) is 13.3 Å². The monoisotopic (exact) mass is 521 g/mol. The first-order chi connectivity index (χ1) is 14.9. The fraction of sp³-hybridized carbons (Fsp3) is 0.400. The van der Waals surface area contributed by atoms with Gasteiger partial charge in [-0.2, -0.15) is 0 Å². The van der Waals surface area contributed by atoms with Gasteiger partial charge in [0.15, 0.2) is 0 Å². The molecule has 0 aliphatic heterocycles. The molecule has 0 fully saturated rings. The predicted octanol–water partition coefficient (Wildman–Crippen LogP) is 8.15. The standard InChI is InChI=1S/3C10H13.Sn.H/c3*1-10(2,3)9-7-5-4-6-8-9;;/h3*4-8H,1H2,2-3H3;;/i;;;;1+1. The predicted molar refractivity (Wildman–Crippen MR) is 140 cm³/mol. The van der Waals surface area contributed by atoms with Gasteiger partial charge in [0.05, 0.1) is 0 Å². The Labute approximate surface area is 198 Å². The van der Waals surface area contributed by atoms with Crippen LogP contribution in [0.3, 0.4) is 0 Å². The summed E-state index contributed by atoms with van der Waals surface area (Å²) in [6.07, 6.45) is 0. The third-order valence-corrected chi connectivity index (χ3v) is 18.6. The van der Waals surface area contributed by atoms with Crippen molar-refractivity contribution in [3.8, 4) is 0 Å². The van der Waals surface area contributed by atoms with E-state index in [0.717, 1.165) is 13.3 Å². The van der Waals surface area contributed by atoms with Crippen LogP contribution < -0.4 is 0 Å². The molecule has 0 aromatic heterocycles. The van der Waals surface area contributed by atoms with Crippen LogP contribution >= 0.6 is 0 Å². The molecule has 0 aliphatic rings. The normalized spacial score (nSPS) is 13.7. The van der Waals surface area contributed by atoms with Crippen LogP contribution in [-0.2, 0) is 16.2 Å². The van der Waals surface area contributed by atoms with E-state index in [1.54, 1.807) is 0 Å². The minimum absolute atomic E-state index is 0.0125. The summed E-state index contributed by atoms with van der Waals surface area (Å²) in [7, 11) is 0. The molecule has 0 aliphatic carbocycles. The van der Waals surface area contributed by atoms with Gasteiger partial charge in [0.2, 0.25) is 0 Å².